The Morgan fingerprint density at radius 3 is 1.62 bits per heavy atom. The smallest absolute Gasteiger partial charge is 0.282 e. The highest BCUT2D eigenvalue weighted by Crippen LogP contribution is 2.67. The van der Waals surface area contributed by atoms with Gasteiger partial charge in [-0.2, -0.15) is 0 Å². The molecule has 4 aromatic rings. The van der Waals surface area contributed by atoms with E-state index >= 15 is 0 Å². The number of aromatic nitrogens is 6. The van der Waals surface area contributed by atoms with Gasteiger partial charge in [0.1, 0.15) is 11.6 Å². The summed E-state index contributed by atoms with van der Waals surface area (Å²) in [6.45, 7) is 12.8. The third-order valence-electron chi connectivity index (χ3n) is 21.1. The average Bonchev–Trinajstić information content (AvgIpc) is 4.15. The molecule has 2 aliphatic heterocycles. The van der Waals surface area contributed by atoms with E-state index in [9.17, 15) is 28.0 Å². The standard InChI is InChI=1S/C28H35BrFN5O2.C28H36FN5O2/c1-14(23-33-21-11-15(29)13-31-24(21)34-23)32-25(36)19-7-6-17-16-5-8-22-28(3,12-20(30)26(37)35(22)4)18(16)9-10-27(17,19)2;1-15(23-32-21-6-5-13-30-24(21)33-23)31-25(35)19-9-8-17-16-7-10-22-28(3,14-20(29)26(36)34(22)4)18(16)11-12-27(17,19)2/h11-14,16-19,22H,5-10H2,1-4H3,(H,32,36)(H,31,33,34);5-6,13-19,22H,7-12H2,1-4H3,(H,31,35)(H,30,32,33)/t14-,16?,17+,18?,19-,22-,27+,28-;15-,16?,17+,18?,19-,22-,27+,28-/m11/s1. The first-order valence-electron chi connectivity index (χ1n) is 26.9. The predicted octanol–water partition coefficient (Wildman–Crippen LogP) is 10.1. The summed E-state index contributed by atoms with van der Waals surface area (Å²) in [6.07, 6.45) is 18.2. The van der Waals surface area contributed by atoms with Gasteiger partial charge in [-0.25, -0.2) is 28.7 Å². The maximum absolute atomic E-state index is 14.7. The lowest BCUT2D eigenvalue weighted by Crippen LogP contribution is -2.60. The number of hydrogen-bond acceptors (Lipinski definition) is 8. The van der Waals surface area contributed by atoms with Crippen molar-refractivity contribution in [3.05, 3.63) is 70.5 Å². The van der Waals surface area contributed by atoms with Crippen LogP contribution in [0.2, 0.25) is 0 Å². The van der Waals surface area contributed by atoms with E-state index in [-0.39, 0.29) is 69.5 Å². The van der Waals surface area contributed by atoms with Crippen LogP contribution in [0.4, 0.5) is 8.78 Å². The molecule has 8 aliphatic rings. The summed E-state index contributed by atoms with van der Waals surface area (Å²) in [4.78, 5) is 79.5. The maximum Gasteiger partial charge on any atom is 0.282 e. The summed E-state index contributed by atoms with van der Waals surface area (Å²) in [5, 5.41) is 6.47. The van der Waals surface area contributed by atoms with Gasteiger partial charge in [0.05, 0.1) is 23.1 Å². The molecular formula is C56H71BrF2N10O4. The lowest BCUT2D eigenvalue weighted by atomic mass is 9.47. The zero-order valence-electron chi connectivity index (χ0n) is 43.4. The maximum atomic E-state index is 14.7. The van der Waals surface area contributed by atoms with Crippen molar-refractivity contribution in [1.29, 1.82) is 0 Å². The fourth-order valence-electron chi connectivity index (χ4n) is 17.5. The Morgan fingerprint density at radius 1 is 0.671 bits per heavy atom. The predicted molar refractivity (Wildman–Crippen MR) is 276 cm³/mol. The van der Waals surface area contributed by atoms with Gasteiger partial charge in [-0.05, 0) is 184 Å². The minimum absolute atomic E-state index is 0.0400. The molecule has 4 N–H and O–H groups in total. The number of halogens is 3. The number of fused-ring (bicyclic) bond motifs is 12. The molecule has 390 valence electrons. The highest BCUT2D eigenvalue weighted by molar-refractivity contribution is 9.10. The SMILES string of the molecule is C[C@@H](NC(=O)[C@H]1CC[C@H]2C3CC[C@H]4N(C)C(=O)C(F)=C[C@]4(C)C3CC[C@]12C)c1nc2ncc(Br)cc2[nH]1.C[C@@H](NC(=O)[C@H]1CC[C@H]2C3CC[C@H]4N(C)C(=O)C(F)=C[C@]4(C)C3CC[C@]12C)c1nc2ncccc2[nH]1. The van der Waals surface area contributed by atoms with E-state index in [4.69, 9.17) is 0 Å². The molecule has 0 radical (unpaired) electrons. The summed E-state index contributed by atoms with van der Waals surface area (Å²) >= 11 is 3.44. The van der Waals surface area contributed by atoms with Crippen LogP contribution in [0.3, 0.4) is 0 Å². The fourth-order valence-corrected chi connectivity index (χ4v) is 17.8. The van der Waals surface area contributed by atoms with E-state index < -0.39 is 23.5 Å². The van der Waals surface area contributed by atoms with E-state index in [0.717, 1.165) is 98.4 Å². The number of H-pyrrole nitrogens is 2. The van der Waals surface area contributed by atoms with Crippen LogP contribution in [0, 0.1) is 69.0 Å². The number of amides is 4. The third kappa shape index (κ3) is 7.91. The second-order valence-corrected chi connectivity index (χ2v) is 25.4. The van der Waals surface area contributed by atoms with E-state index in [1.54, 1.807) is 48.4 Å². The largest absolute Gasteiger partial charge is 0.346 e. The molecule has 0 bridgehead atoms. The van der Waals surface area contributed by atoms with Crippen molar-refractivity contribution >= 4 is 61.9 Å². The zero-order valence-corrected chi connectivity index (χ0v) is 45.0. The Morgan fingerprint density at radius 2 is 1.14 bits per heavy atom. The van der Waals surface area contributed by atoms with Crippen molar-refractivity contribution in [2.45, 2.75) is 143 Å². The monoisotopic (exact) mass is 1060 g/mol. The van der Waals surface area contributed by atoms with Crippen LogP contribution in [-0.4, -0.2) is 89.5 Å². The molecule has 0 saturated heterocycles. The van der Waals surface area contributed by atoms with Crippen molar-refractivity contribution in [1.82, 2.24) is 50.3 Å². The molecular weight excluding hydrogens is 995 g/mol. The van der Waals surface area contributed by atoms with Crippen molar-refractivity contribution in [3.8, 4) is 0 Å². The first kappa shape index (κ1) is 50.1. The van der Waals surface area contributed by atoms with Gasteiger partial charge in [-0.15, -0.1) is 0 Å². The number of hydrogen-bond donors (Lipinski definition) is 4. The van der Waals surface area contributed by atoms with Crippen LogP contribution >= 0.6 is 15.9 Å². The molecule has 6 saturated carbocycles. The number of rotatable bonds is 6. The first-order chi connectivity index (χ1) is 34.7. The van der Waals surface area contributed by atoms with Crippen molar-refractivity contribution in [2.75, 3.05) is 14.1 Å². The molecule has 4 aromatic heterocycles. The van der Waals surface area contributed by atoms with Crippen LogP contribution in [0.5, 0.6) is 0 Å². The number of carbonyl (C=O) groups is 4. The number of imidazole rings is 2. The molecule has 6 aliphatic carbocycles. The highest BCUT2D eigenvalue weighted by atomic mass is 79.9. The van der Waals surface area contributed by atoms with Gasteiger partial charge in [-0.3, -0.25) is 19.2 Å². The summed E-state index contributed by atoms with van der Waals surface area (Å²) in [5.41, 5.74) is 2.15. The Bertz CT molecular complexity index is 2930. The van der Waals surface area contributed by atoms with Gasteiger partial charge < -0.3 is 30.4 Å². The van der Waals surface area contributed by atoms with Gasteiger partial charge in [0.25, 0.3) is 11.8 Å². The lowest BCUT2D eigenvalue weighted by Gasteiger charge is -2.60. The first-order valence-corrected chi connectivity index (χ1v) is 27.7. The van der Waals surface area contributed by atoms with E-state index in [0.29, 0.717) is 52.6 Å². The Labute approximate surface area is 434 Å². The number of likely N-dealkylation sites (N-methyl/N-ethyl adjacent to an activating group) is 2. The topological polar surface area (TPSA) is 182 Å². The normalized spacial score (nSPS) is 38.3. The average molecular weight is 1070 g/mol. The number of nitrogens with zero attached hydrogens (tertiary/aromatic N) is 6. The molecule has 14 nitrogen and oxygen atoms in total. The van der Waals surface area contributed by atoms with Crippen molar-refractivity contribution in [2.24, 2.45) is 69.0 Å². The van der Waals surface area contributed by atoms with Gasteiger partial charge in [-0.1, -0.05) is 27.7 Å². The Hall–Kier alpha value is -5.06. The summed E-state index contributed by atoms with van der Waals surface area (Å²) in [5.74, 6) is 1.78. The Kier molecular flexibility index (Phi) is 12.4. The molecule has 16 atom stereocenters. The number of aromatic amines is 2. The molecule has 6 heterocycles. The third-order valence-corrected chi connectivity index (χ3v) is 21.5. The lowest BCUT2D eigenvalue weighted by molar-refractivity contribution is -0.145. The van der Waals surface area contributed by atoms with Gasteiger partial charge in [0.15, 0.2) is 22.9 Å². The molecule has 0 aromatic carbocycles. The van der Waals surface area contributed by atoms with Crippen LogP contribution in [0.25, 0.3) is 22.3 Å². The summed E-state index contributed by atoms with van der Waals surface area (Å²) in [6, 6.07) is 5.35. The van der Waals surface area contributed by atoms with Gasteiger partial charge in [0, 0.05) is 65.7 Å². The van der Waals surface area contributed by atoms with E-state index in [1.165, 1.54) is 0 Å². The summed E-state index contributed by atoms with van der Waals surface area (Å²) in [7, 11) is 3.50. The molecule has 6 fully saturated rings. The van der Waals surface area contributed by atoms with Gasteiger partial charge in [0.2, 0.25) is 11.8 Å². The number of carbonyl (C=O) groups excluding carboxylic acids is 4. The summed E-state index contributed by atoms with van der Waals surface area (Å²) < 4.78 is 30.2. The molecule has 12 rings (SSSR count). The molecule has 73 heavy (non-hydrogen) atoms. The van der Waals surface area contributed by atoms with Crippen LogP contribution < -0.4 is 10.6 Å². The quantitative estimate of drug-likeness (QED) is 0.147. The van der Waals surface area contributed by atoms with Crippen LogP contribution in [0.1, 0.15) is 142 Å². The minimum Gasteiger partial charge on any atom is -0.346 e. The molecule has 17 heteroatoms. The van der Waals surface area contributed by atoms with Gasteiger partial charge >= 0.3 is 0 Å². The zero-order chi connectivity index (χ0) is 51.7. The second-order valence-electron chi connectivity index (χ2n) is 24.4. The van der Waals surface area contributed by atoms with Crippen molar-refractivity contribution < 1.29 is 28.0 Å². The second kappa shape index (κ2) is 18.1. The molecule has 4 amide bonds. The van der Waals surface area contributed by atoms with E-state index in [1.807, 2.05) is 32.0 Å². The van der Waals surface area contributed by atoms with Crippen LogP contribution in [0.15, 0.2) is 58.9 Å². The molecule has 4 unspecified atom stereocenters. The highest BCUT2D eigenvalue weighted by Gasteiger charge is 2.64. The number of nitrogens with one attached hydrogen (secondary N) is 4. The Balaban J connectivity index is 0.000000157. The number of pyridine rings is 2. The minimum atomic E-state index is -0.610. The molecule has 0 spiro atoms. The van der Waals surface area contributed by atoms with Crippen molar-refractivity contribution in [3.63, 3.8) is 0 Å². The fraction of sp³-hybridized carbons (Fsp3) is 0.643. The van der Waals surface area contributed by atoms with Crippen LogP contribution in [-0.2, 0) is 19.2 Å². The van der Waals surface area contributed by atoms with E-state index in [2.05, 4.69) is 84.2 Å².